The average molecular weight is 325 g/mol. The Morgan fingerprint density at radius 2 is 1.57 bits per heavy atom. The summed E-state index contributed by atoms with van der Waals surface area (Å²) in [6.07, 6.45) is 14.5. The maximum absolute atomic E-state index is 2.50. The van der Waals surface area contributed by atoms with Gasteiger partial charge in [-0.3, -0.25) is 0 Å². The first kappa shape index (κ1) is 23.0. The van der Waals surface area contributed by atoms with Gasteiger partial charge in [0.2, 0.25) is 0 Å². The summed E-state index contributed by atoms with van der Waals surface area (Å²) >= 11 is 0. The highest BCUT2D eigenvalue weighted by Gasteiger charge is 2.53. The van der Waals surface area contributed by atoms with E-state index in [1.54, 1.807) is 12.8 Å². The van der Waals surface area contributed by atoms with E-state index >= 15 is 0 Å². The number of rotatable bonds is 7. The first-order valence-corrected chi connectivity index (χ1v) is 11.0. The lowest BCUT2D eigenvalue weighted by Crippen LogP contribution is -2.52. The first-order valence-electron chi connectivity index (χ1n) is 11.0. The fraction of sp³-hybridized carbons (Fsp3) is 1.00. The van der Waals surface area contributed by atoms with Crippen molar-refractivity contribution in [3.63, 3.8) is 0 Å². The van der Waals surface area contributed by atoms with Crippen LogP contribution in [0.15, 0.2) is 0 Å². The predicted octanol–water partition coefficient (Wildman–Crippen LogP) is 8.50. The molecule has 23 heavy (non-hydrogen) atoms. The highest BCUT2D eigenvalue weighted by atomic mass is 14.6. The molecule has 4 atom stereocenters. The van der Waals surface area contributed by atoms with Crippen LogP contribution in [0.1, 0.15) is 120 Å². The van der Waals surface area contributed by atoms with Crippen molar-refractivity contribution in [2.45, 2.75) is 120 Å². The van der Waals surface area contributed by atoms with Crippen molar-refractivity contribution in [1.29, 1.82) is 0 Å². The average Bonchev–Trinajstić information content (AvgIpc) is 2.60. The first-order chi connectivity index (χ1) is 11.0. The van der Waals surface area contributed by atoms with Gasteiger partial charge in [0.1, 0.15) is 0 Å². The number of hydrogen-bond donors (Lipinski definition) is 0. The lowest BCUT2D eigenvalue weighted by molar-refractivity contribution is -0.107. The highest BCUT2D eigenvalue weighted by molar-refractivity contribution is 5.02. The van der Waals surface area contributed by atoms with Crippen LogP contribution in [-0.2, 0) is 0 Å². The third-order valence-electron chi connectivity index (χ3n) is 6.68. The molecule has 3 saturated carbocycles. The standard InChI is InChI=1S/C13H24.C8H18.C2H6/c1-4-5-6-10-7-8-11-9-12(10)13(11,2)3;1-4-6-7-8(3)5-2;1-2/h10-12H,4-9H2,1-3H3;8H,4-7H2,1-3H3;1-2H3/t10-,11+,12+;8-;/m11./s1. The molecule has 0 heterocycles. The second-order valence-electron chi connectivity index (χ2n) is 8.50. The molecule has 0 aliphatic heterocycles. The van der Waals surface area contributed by atoms with Crippen molar-refractivity contribution >= 4 is 0 Å². The van der Waals surface area contributed by atoms with Gasteiger partial charge in [0, 0.05) is 0 Å². The Morgan fingerprint density at radius 1 is 0.957 bits per heavy atom. The van der Waals surface area contributed by atoms with Gasteiger partial charge in [-0.15, -0.1) is 0 Å². The predicted molar refractivity (Wildman–Crippen MR) is 108 cm³/mol. The molecule has 140 valence electrons. The maximum atomic E-state index is 2.50. The van der Waals surface area contributed by atoms with Crippen LogP contribution >= 0.6 is 0 Å². The largest absolute Gasteiger partial charge is 0.0683 e. The third kappa shape index (κ3) is 7.18. The Bertz CT molecular complexity index is 263. The Morgan fingerprint density at radius 3 is 2.00 bits per heavy atom. The second-order valence-corrected chi connectivity index (χ2v) is 8.50. The van der Waals surface area contributed by atoms with E-state index in [4.69, 9.17) is 0 Å². The Kier molecular flexibility index (Phi) is 12.4. The minimum absolute atomic E-state index is 0.705. The molecule has 2 bridgehead atoms. The fourth-order valence-electron chi connectivity index (χ4n) is 4.53. The van der Waals surface area contributed by atoms with Crippen molar-refractivity contribution in [2.75, 3.05) is 0 Å². The van der Waals surface area contributed by atoms with Crippen molar-refractivity contribution in [3.8, 4) is 0 Å². The summed E-state index contributed by atoms with van der Waals surface area (Å²) in [5, 5.41) is 0. The summed E-state index contributed by atoms with van der Waals surface area (Å²) in [4.78, 5) is 0. The zero-order valence-corrected chi connectivity index (χ0v) is 17.9. The minimum atomic E-state index is 0.705. The second kappa shape index (κ2) is 12.4. The van der Waals surface area contributed by atoms with Crippen LogP contribution < -0.4 is 0 Å². The molecule has 0 amide bonds. The van der Waals surface area contributed by atoms with Crippen LogP contribution in [0.2, 0.25) is 0 Å². The highest BCUT2D eigenvalue weighted by Crippen LogP contribution is 2.62. The van der Waals surface area contributed by atoms with E-state index in [1.165, 1.54) is 51.4 Å². The van der Waals surface area contributed by atoms with Gasteiger partial charge in [-0.25, -0.2) is 0 Å². The van der Waals surface area contributed by atoms with Gasteiger partial charge in [0.15, 0.2) is 0 Å². The molecule has 0 N–H and O–H groups in total. The lowest BCUT2D eigenvalue weighted by Gasteiger charge is -2.60. The molecule has 0 aromatic carbocycles. The lowest BCUT2D eigenvalue weighted by atomic mass is 9.45. The maximum Gasteiger partial charge on any atom is -0.0295 e. The van der Waals surface area contributed by atoms with Gasteiger partial charge < -0.3 is 0 Å². The van der Waals surface area contributed by atoms with Crippen LogP contribution in [0.3, 0.4) is 0 Å². The topological polar surface area (TPSA) is 0 Å². The quantitative estimate of drug-likeness (QED) is 0.440. The van der Waals surface area contributed by atoms with Gasteiger partial charge in [0.25, 0.3) is 0 Å². The molecule has 0 saturated heterocycles. The van der Waals surface area contributed by atoms with Gasteiger partial charge in [-0.2, -0.15) is 0 Å². The van der Waals surface area contributed by atoms with Gasteiger partial charge in [-0.1, -0.05) is 100 Å². The Labute approximate surface area is 149 Å². The zero-order chi connectivity index (χ0) is 17.9. The summed E-state index contributed by atoms with van der Waals surface area (Å²) in [6, 6.07) is 0. The van der Waals surface area contributed by atoms with Gasteiger partial charge in [0.05, 0.1) is 0 Å². The molecular weight excluding hydrogens is 276 g/mol. The monoisotopic (exact) mass is 324 g/mol. The summed E-state index contributed by atoms with van der Waals surface area (Å²) in [6.45, 7) is 18.2. The molecule has 0 heteroatoms. The molecule has 3 fully saturated rings. The number of unbranched alkanes of at least 4 members (excludes halogenated alkanes) is 2. The zero-order valence-electron chi connectivity index (χ0n) is 17.9. The van der Waals surface area contributed by atoms with Gasteiger partial charge in [-0.05, 0) is 48.3 Å². The molecule has 0 aromatic heterocycles. The van der Waals surface area contributed by atoms with E-state index in [9.17, 15) is 0 Å². The fourth-order valence-corrected chi connectivity index (χ4v) is 4.53. The summed E-state index contributed by atoms with van der Waals surface area (Å²) in [7, 11) is 0. The Balaban J connectivity index is 0.000000421. The molecule has 0 aromatic rings. The smallest absolute Gasteiger partial charge is 0.0295 e. The normalized spacial score (nSPS) is 28.4. The summed E-state index contributed by atoms with van der Waals surface area (Å²) in [5.41, 5.74) is 0.705. The van der Waals surface area contributed by atoms with E-state index in [-0.39, 0.29) is 0 Å². The molecule has 3 aliphatic carbocycles. The number of hydrogen-bond acceptors (Lipinski definition) is 0. The van der Waals surface area contributed by atoms with E-state index in [0.29, 0.717) is 5.41 Å². The van der Waals surface area contributed by atoms with Crippen LogP contribution in [-0.4, -0.2) is 0 Å². The van der Waals surface area contributed by atoms with Crippen LogP contribution in [0, 0.1) is 29.1 Å². The molecular formula is C23H48. The molecule has 0 spiro atoms. The minimum Gasteiger partial charge on any atom is -0.0683 e. The van der Waals surface area contributed by atoms with Gasteiger partial charge >= 0.3 is 0 Å². The SMILES string of the molecule is CC.CCCC[C@@H]1CC[C@H]2C[C@@H]1C2(C)C.CCCC[C@H](C)CC. The molecule has 0 radical (unpaired) electrons. The van der Waals surface area contributed by atoms with Crippen molar-refractivity contribution < 1.29 is 0 Å². The molecule has 3 rings (SSSR count). The van der Waals surface area contributed by atoms with Crippen molar-refractivity contribution in [2.24, 2.45) is 29.1 Å². The third-order valence-corrected chi connectivity index (χ3v) is 6.68. The summed E-state index contributed by atoms with van der Waals surface area (Å²) < 4.78 is 0. The van der Waals surface area contributed by atoms with Crippen LogP contribution in [0.4, 0.5) is 0 Å². The number of fused-ring (bicyclic) bond motifs is 2. The van der Waals surface area contributed by atoms with Crippen LogP contribution in [0.5, 0.6) is 0 Å². The molecule has 0 unspecified atom stereocenters. The van der Waals surface area contributed by atoms with E-state index < -0.39 is 0 Å². The van der Waals surface area contributed by atoms with E-state index in [2.05, 4.69) is 41.5 Å². The van der Waals surface area contributed by atoms with E-state index in [0.717, 1.165) is 23.7 Å². The van der Waals surface area contributed by atoms with Crippen molar-refractivity contribution in [3.05, 3.63) is 0 Å². The molecule has 0 nitrogen and oxygen atoms in total. The summed E-state index contributed by atoms with van der Waals surface area (Å²) in [5.74, 6) is 4.20. The van der Waals surface area contributed by atoms with Crippen molar-refractivity contribution in [1.82, 2.24) is 0 Å². The molecule has 3 aliphatic rings. The Hall–Kier alpha value is 0. The van der Waals surface area contributed by atoms with E-state index in [1.807, 2.05) is 13.8 Å². The van der Waals surface area contributed by atoms with Crippen LogP contribution in [0.25, 0.3) is 0 Å².